The second-order valence-electron chi connectivity index (χ2n) is 6.15. The van der Waals surface area contributed by atoms with E-state index in [0.717, 1.165) is 27.0 Å². The van der Waals surface area contributed by atoms with Crippen molar-refractivity contribution >= 4 is 34.9 Å². The van der Waals surface area contributed by atoms with Crippen LogP contribution >= 0.6 is 23.5 Å². The summed E-state index contributed by atoms with van der Waals surface area (Å²) in [5.41, 5.74) is 1.19. The highest BCUT2D eigenvalue weighted by Gasteiger charge is 2.14. The highest BCUT2D eigenvalue weighted by Crippen LogP contribution is 2.34. The van der Waals surface area contributed by atoms with E-state index in [-0.39, 0.29) is 0 Å². The zero-order valence-corrected chi connectivity index (χ0v) is 17.3. The Morgan fingerprint density at radius 1 is 0.724 bits per heavy atom. The zero-order chi connectivity index (χ0) is 19.9. The fourth-order valence-corrected chi connectivity index (χ4v) is 4.52. The number of azo groups is 1. The molecular formula is C22H20N2O3S2. The molecule has 5 nitrogen and oxygen atoms in total. The summed E-state index contributed by atoms with van der Waals surface area (Å²) in [4.78, 5) is 2.52. The molecule has 0 amide bonds. The van der Waals surface area contributed by atoms with Gasteiger partial charge in [-0.15, -0.1) is 23.5 Å². The van der Waals surface area contributed by atoms with Crippen LogP contribution < -0.4 is 9.47 Å². The topological polar surface area (TPSA) is 56.9 Å². The number of nitrogens with zero attached hydrogens (tertiary/aromatic N) is 2. The molecule has 1 aliphatic rings. The first-order valence-corrected chi connectivity index (χ1v) is 11.3. The summed E-state index contributed by atoms with van der Waals surface area (Å²) in [5, 5.41) is 17.1. The summed E-state index contributed by atoms with van der Waals surface area (Å²) in [5.74, 6) is 2.91. The van der Waals surface area contributed by atoms with Crippen LogP contribution in [0.15, 0.2) is 87.7 Å². The summed E-state index contributed by atoms with van der Waals surface area (Å²) < 4.78 is 11.8. The molecule has 3 aromatic rings. The Balaban J connectivity index is 1.66. The first kappa shape index (κ1) is 19.7. The van der Waals surface area contributed by atoms with E-state index >= 15 is 0 Å². The lowest BCUT2D eigenvalue weighted by atomic mass is 10.3. The summed E-state index contributed by atoms with van der Waals surface area (Å²) >= 11 is 3.18. The molecule has 0 unspecified atom stereocenters. The van der Waals surface area contributed by atoms with E-state index in [4.69, 9.17) is 9.47 Å². The molecule has 148 valence electrons. The van der Waals surface area contributed by atoms with Crippen molar-refractivity contribution in [2.75, 3.05) is 24.7 Å². The van der Waals surface area contributed by atoms with Gasteiger partial charge in [0.25, 0.3) is 5.69 Å². The Labute approximate surface area is 178 Å². The molecule has 0 saturated carbocycles. The maximum absolute atomic E-state index is 12.8. The standard InChI is InChI=1S/C22H20N2O3S2/c25-24-18-8-2-6-12-22(18)29-16-14-27-20-10-4-3-9-19(20)26-13-15-28-21-11-5-1-7-17(21)23-24/h1-12H,13-16H2. The van der Waals surface area contributed by atoms with Gasteiger partial charge < -0.3 is 14.7 Å². The highest BCUT2D eigenvalue weighted by molar-refractivity contribution is 7.99. The second kappa shape index (κ2) is 9.71. The molecular weight excluding hydrogens is 404 g/mol. The van der Waals surface area contributed by atoms with Crippen molar-refractivity contribution in [2.45, 2.75) is 9.79 Å². The molecule has 0 aromatic heterocycles. The Morgan fingerprint density at radius 3 is 2.00 bits per heavy atom. The third kappa shape index (κ3) is 5.05. The van der Waals surface area contributed by atoms with Crippen molar-refractivity contribution in [1.29, 1.82) is 0 Å². The van der Waals surface area contributed by atoms with Gasteiger partial charge in [0, 0.05) is 27.6 Å². The van der Waals surface area contributed by atoms with Crippen molar-refractivity contribution in [3.63, 3.8) is 0 Å². The van der Waals surface area contributed by atoms with Crippen LogP contribution in [0.1, 0.15) is 0 Å². The first-order chi connectivity index (χ1) is 14.3. The molecule has 1 aliphatic heterocycles. The number of fused-ring (bicyclic) bond motifs is 3. The molecule has 4 rings (SSSR count). The number of rotatable bonds is 0. The lowest BCUT2D eigenvalue weighted by molar-refractivity contribution is -0.438. The predicted octanol–water partition coefficient (Wildman–Crippen LogP) is 6.27. The third-order valence-corrected chi connectivity index (χ3v) is 6.24. The molecule has 0 aliphatic carbocycles. The molecule has 0 atom stereocenters. The Hall–Kier alpha value is -2.64. The lowest BCUT2D eigenvalue weighted by Gasteiger charge is -2.13. The molecule has 0 bridgehead atoms. The van der Waals surface area contributed by atoms with E-state index in [1.54, 1.807) is 29.6 Å². The van der Waals surface area contributed by atoms with E-state index in [1.165, 1.54) is 0 Å². The normalized spacial score (nSPS) is 15.0. The molecule has 7 heteroatoms. The summed E-state index contributed by atoms with van der Waals surface area (Å²) in [7, 11) is 0. The Morgan fingerprint density at radius 2 is 1.28 bits per heavy atom. The van der Waals surface area contributed by atoms with Gasteiger partial charge in [-0.3, -0.25) is 0 Å². The van der Waals surface area contributed by atoms with Gasteiger partial charge in [-0.2, -0.15) is 0 Å². The Bertz CT molecular complexity index is 1010. The van der Waals surface area contributed by atoms with E-state index < -0.39 is 0 Å². The molecule has 0 saturated heterocycles. The molecule has 0 spiro atoms. The minimum atomic E-state index is 0.507. The van der Waals surface area contributed by atoms with Crippen molar-refractivity contribution in [1.82, 2.24) is 0 Å². The van der Waals surface area contributed by atoms with Crippen LogP contribution in [0.4, 0.5) is 11.4 Å². The van der Waals surface area contributed by atoms with Gasteiger partial charge >= 0.3 is 0 Å². The van der Waals surface area contributed by atoms with Crippen molar-refractivity contribution in [3.05, 3.63) is 78.0 Å². The largest absolute Gasteiger partial charge is 0.594 e. The van der Waals surface area contributed by atoms with Crippen LogP contribution in [0, 0.1) is 5.21 Å². The number of benzene rings is 3. The minimum Gasteiger partial charge on any atom is -0.594 e. The van der Waals surface area contributed by atoms with Crippen LogP contribution in [0.2, 0.25) is 0 Å². The van der Waals surface area contributed by atoms with Gasteiger partial charge in [-0.1, -0.05) is 36.4 Å². The molecule has 0 radical (unpaired) electrons. The summed E-state index contributed by atoms with van der Waals surface area (Å²) in [6.45, 7) is 1.03. The monoisotopic (exact) mass is 424 g/mol. The van der Waals surface area contributed by atoms with Gasteiger partial charge in [0.1, 0.15) is 5.69 Å². The maximum Gasteiger partial charge on any atom is 0.258 e. The molecule has 0 fully saturated rings. The molecule has 0 N–H and O–H groups in total. The van der Waals surface area contributed by atoms with E-state index in [0.29, 0.717) is 35.2 Å². The third-order valence-electron chi connectivity index (χ3n) is 4.18. The number of thioether (sulfide) groups is 2. The molecule has 3 aromatic carbocycles. The van der Waals surface area contributed by atoms with Crippen molar-refractivity contribution < 1.29 is 14.3 Å². The summed E-state index contributed by atoms with van der Waals surface area (Å²) in [6, 6.07) is 22.9. The van der Waals surface area contributed by atoms with Crippen LogP contribution in [-0.2, 0) is 0 Å². The second-order valence-corrected chi connectivity index (χ2v) is 8.42. The highest BCUT2D eigenvalue weighted by atomic mass is 32.2. The fraction of sp³-hybridized carbons (Fsp3) is 0.182. The Kier molecular flexibility index (Phi) is 6.59. The quantitative estimate of drug-likeness (QED) is 0.314. The van der Waals surface area contributed by atoms with E-state index in [9.17, 15) is 5.21 Å². The van der Waals surface area contributed by atoms with E-state index in [1.807, 2.05) is 66.7 Å². The van der Waals surface area contributed by atoms with Crippen LogP contribution in [-0.4, -0.2) is 29.6 Å². The van der Waals surface area contributed by atoms with E-state index in [2.05, 4.69) is 5.11 Å². The minimum absolute atomic E-state index is 0.507. The zero-order valence-electron chi connectivity index (χ0n) is 15.7. The van der Waals surface area contributed by atoms with Crippen LogP contribution in [0.5, 0.6) is 11.5 Å². The number of hydrogen-bond acceptors (Lipinski definition) is 6. The number of ether oxygens (including phenoxy) is 2. The SMILES string of the molecule is [O-][N+]1=Nc2ccccc2SCCOc2ccccc2OCCSc2ccccc21. The van der Waals surface area contributed by atoms with Gasteiger partial charge in [0.05, 0.1) is 18.1 Å². The number of para-hydroxylation sites is 3. The fourth-order valence-electron chi connectivity index (χ4n) is 2.85. The van der Waals surface area contributed by atoms with Gasteiger partial charge in [-0.25, -0.2) is 0 Å². The maximum atomic E-state index is 12.8. The van der Waals surface area contributed by atoms with Crippen molar-refractivity contribution in [3.8, 4) is 11.5 Å². The van der Waals surface area contributed by atoms with Gasteiger partial charge in [-0.05, 0) is 35.2 Å². The lowest BCUT2D eigenvalue weighted by Crippen LogP contribution is -2.05. The summed E-state index contributed by atoms with van der Waals surface area (Å²) in [6.07, 6.45) is 0. The van der Waals surface area contributed by atoms with Crippen LogP contribution in [0.25, 0.3) is 0 Å². The smallest absolute Gasteiger partial charge is 0.258 e. The number of hydrogen-bond donors (Lipinski definition) is 0. The predicted molar refractivity (Wildman–Crippen MR) is 117 cm³/mol. The first-order valence-electron chi connectivity index (χ1n) is 9.28. The average Bonchev–Trinajstić information content (AvgIpc) is 2.75. The van der Waals surface area contributed by atoms with Gasteiger partial charge in [0.2, 0.25) is 0 Å². The van der Waals surface area contributed by atoms with Crippen LogP contribution in [0.3, 0.4) is 0 Å². The molecule has 29 heavy (non-hydrogen) atoms. The van der Waals surface area contributed by atoms with Gasteiger partial charge in [0.15, 0.2) is 11.5 Å². The van der Waals surface area contributed by atoms with Crippen molar-refractivity contribution in [2.24, 2.45) is 5.11 Å². The average molecular weight is 425 g/mol. The molecule has 1 heterocycles.